The van der Waals surface area contributed by atoms with E-state index in [-0.39, 0.29) is 43.2 Å². The summed E-state index contributed by atoms with van der Waals surface area (Å²) in [5, 5.41) is 0. The van der Waals surface area contributed by atoms with Crippen LogP contribution >= 0.6 is 0 Å². The van der Waals surface area contributed by atoms with Crippen molar-refractivity contribution in [3.05, 3.63) is 0 Å². The van der Waals surface area contributed by atoms with Crippen LogP contribution in [-0.4, -0.2) is 24.6 Å². The van der Waals surface area contributed by atoms with Crippen molar-refractivity contribution in [2.45, 2.75) is 39.5 Å². The van der Waals surface area contributed by atoms with Crippen LogP contribution in [0.3, 0.4) is 0 Å². The molecule has 0 aromatic carbocycles. The highest BCUT2D eigenvalue weighted by Gasteiger charge is 2.11. The smallest absolute Gasteiger partial charge is 0.305 e. The van der Waals surface area contributed by atoms with Gasteiger partial charge in [-0.25, -0.2) is 0 Å². The second-order valence-corrected chi connectivity index (χ2v) is 3.74. The summed E-state index contributed by atoms with van der Waals surface area (Å²) in [6.07, 6.45) is 0.773. The topological polar surface area (TPSA) is 60.4 Å². The third-order valence-electron chi connectivity index (χ3n) is 2.13. The second-order valence-electron chi connectivity index (χ2n) is 3.74. The van der Waals surface area contributed by atoms with E-state index >= 15 is 0 Å². The van der Waals surface area contributed by atoms with Gasteiger partial charge in [-0.1, -0.05) is 13.8 Å². The minimum absolute atomic E-state index is 0.0293. The Hall–Kier alpha value is -1.19. The summed E-state index contributed by atoms with van der Waals surface area (Å²) in [6.45, 7) is 3.61. The number of Topliss-reactive ketones (excluding diaryl/α,β-unsaturated/α-hetero) is 2. The molecule has 0 aliphatic rings. The van der Waals surface area contributed by atoms with Gasteiger partial charge in [-0.15, -0.1) is 0 Å². The molecule has 0 N–H and O–H groups in total. The van der Waals surface area contributed by atoms with Crippen molar-refractivity contribution in [3.8, 4) is 0 Å². The summed E-state index contributed by atoms with van der Waals surface area (Å²) in [5.41, 5.74) is 0. The number of ketones is 2. The maximum absolute atomic E-state index is 11.2. The van der Waals surface area contributed by atoms with Crippen molar-refractivity contribution in [2.75, 3.05) is 7.11 Å². The molecule has 0 fully saturated rings. The van der Waals surface area contributed by atoms with E-state index in [9.17, 15) is 14.4 Å². The molecular weight excluding hydrogens is 196 g/mol. The Morgan fingerprint density at radius 3 is 2.00 bits per heavy atom. The van der Waals surface area contributed by atoms with E-state index in [0.29, 0.717) is 0 Å². The van der Waals surface area contributed by atoms with Crippen LogP contribution in [-0.2, 0) is 19.1 Å². The van der Waals surface area contributed by atoms with Gasteiger partial charge in [-0.05, 0) is 0 Å². The van der Waals surface area contributed by atoms with Gasteiger partial charge in [0, 0.05) is 25.2 Å². The van der Waals surface area contributed by atoms with Crippen LogP contribution in [0.15, 0.2) is 0 Å². The Morgan fingerprint density at radius 2 is 1.53 bits per heavy atom. The van der Waals surface area contributed by atoms with E-state index < -0.39 is 5.97 Å². The molecule has 86 valence electrons. The number of methoxy groups -OCH3 is 1. The van der Waals surface area contributed by atoms with Crippen molar-refractivity contribution >= 4 is 17.5 Å². The molecule has 0 aliphatic carbocycles. The Bertz CT molecular complexity index is 243. The zero-order chi connectivity index (χ0) is 11.8. The highest BCUT2D eigenvalue weighted by molar-refractivity contribution is 5.88. The van der Waals surface area contributed by atoms with Crippen LogP contribution in [0.4, 0.5) is 0 Å². The highest BCUT2D eigenvalue weighted by Crippen LogP contribution is 2.05. The number of hydrogen-bond acceptors (Lipinski definition) is 4. The van der Waals surface area contributed by atoms with Crippen LogP contribution in [0.2, 0.25) is 0 Å². The number of carbonyl (C=O) groups is 3. The van der Waals surface area contributed by atoms with Crippen LogP contribution in [0.25, 0.3) is 0 Å². The minimum atomic E-state index is -0.390. The fraction of sp³-hybridized carbons (Fsp3) is 0.727. The first kappa shape index (κ1) is 13.8. The van der Waals surface area contributed by atoms with Crippen LogP contribution in [0, 0.1) is 5.92 Å². The van der Waals surface area contributed by atoms with Crippen molar-refractivity contribution in [3.63, 3.8) is 0 Å². The fourth-order valence-corrected chi connectivity index (χ4v) is 1.02. The minimum Gasteiger partial charge on any atom is -0.469 e. The third kappa shape index (κ3) is 6.82. The predicted octanol–water partition coefficient (Wildman–Crippen LogP) is 1.51. The zero-order valence-electron chi connectivity index (χ0n) is 9.54. The summed E-state index contributed by atoms with van der Waals surface area (Å²) in [6, 6.07) is 0. The number of rotatable bonds is 7. The molecule has 0 atom stereocenters. The molecule has 4 nitrogen and oxygen atoms in total. The molecule has 0 radical (unpaired) electrons. The van der Waals surface area contributed by atoms with E-state index in [2.05, 4.69) is 4.74 Å². The first-order chi connectivity index (χ1) is 6.97. The van der Waals surface area contributed by atoms with Crippen LogP contribution < -0.4 is 0 Å². The average Bonchev–Trinajstić information content (AvgIpc) is 2.21. The quantitative estimate of drug-likeness (QED) is 0.603. The standard InChI is InChI=1S/C11H18O4/c1-8(2)10(13)6-4-9(12)5-7-11(14)15-3/h8H,4-7H2,1-3H3. The van der Waals surface area contributed by atoms with E-state index in [4.69, 9.17) is 0 Å². The maximum atomic E-state index is 11.2. The Kier molecular flexibility index (Phi) is 6.58. The molecule has 0 aromatic heterocycles. The van der Waals surface area contributed by atoms with Gasteiger partial charge in [-0.3, -0.25) is 14.4 Å². The molecule has 0 aromatic rings. The van der Waals surface area contributed by atoms with Crippen LogP contribution in [0.1, 0.15) is 39.5 Å². The molecule has 0 saturated carbocycles. The summed E-state index contributed by atoms with van der Waals surface area (Å²) >= 11 is 0. The van der Waals surface area contributed by atoms with Gasteiger partial charge < -0.3 is 4.74 Å². The second kappa shape index (κ2) is 7.15. The molecule has 15 heavy (non-hydrogen) atoms. The summed E-state index contributed by atoms with van der Waals surface area (Å²) < 4.78 is 4.41. The van der Waals surface area contributed by atoms with E-state index in [1.807, 2.05) is 0 Å². The van der Waals surface area contributed by atoms with E-state index in [0.717, 1.165) is 0 Å². The van der Waals surface area contributed by atoms with Crippen molar-refractivity contribution in [1.29, 1.82) is 0 Å². The fourth-order valence-electron chi connectivity index (χ4n) is 1.02. The SMILES string of the molecule is COC(=O)CCC(=O)CCC(=O)C(C)C. The lowest BCUT2D eigenvalue weighted by atomic mass is 10.0. The molecule has 0 aliphatic heterocycles. The van der Waals surface area contributed by atoms with Gasteiger partial charge in [0.1, 0.15) is 11.6 Å². The number of ether oxygens (including phenoxy) is 1. The maximum Gasteiger partial charge on any atom is 0.305 e. The molecule has 0 bridgehead atoms. The molecule has 0 unspecified atom stereocenters. The first-order valence-corrected chi connectivity index (χ1v) is 5.08. The van der Waals surface area contributed by atoms with Gasteiger partial charge in [0.2, 0.25) is 0 Å². The third-order valence-corrected chi connectivity index (χ3v) is 2.13. The molecular formula is C11H18O4. The normalized spacial score (nSPS) is 10.1. The molecule has 0 amide bonds. The van der Waals surface area contributed by atoms with Crippen molar-refractivity contribution < 1.29 is 19.1 Å². The number of carbonyl (C=O) groups excluding carboxylic acids is 3. The molecule has 0 heterocycles. The Morgan fingerprint density at radius 1 is 1.00 bits per heavy atom. The van der Waals surface area contributed by atoms with Crippen LogP contribution in [0.5, 0.6) is 0 Å². The Labute approximate surface area is 90.0 Å². The largest absolute Gasteiger partial charge is 0.469 e. The summed E-state index contributed by atoms with van der Waals surface area (Å²) in [5.74, 6) is -0.396. The van der Waals surface area contributed by atoms with E-state index in [1.165, 1.54) is 7.11 Å². The summed E-state index contributed by atoms with van der Waals surface area (Å²) in [4.78, 5) is 33.1. The van der Waals surface area contributed by atoms with E-state index in [1.54, 1.807) is 13.8 Å². The predicted molar refractivity (Wildman–Crippen MR) is 55.3 cm³/mol. The monoisotopic (exact) mass is 214 g/mol. The van der Waals surface area contributed by atoms with Crippen molar-refractivity contribution in [2.24, 2.45) is 5.92 Å². The van der Waals surface area contributed by atoms with Gasteiger partial charge in [-0.2, -0.15) is 0 Å². The van der Waals surface area contributed by atoms with Gasteiger partial charge >= 0.3 is 5.97 Å². The molecule has 0 rings (SSSR count). The lowest BCUT2D eigenvalue weighted by molar-refractivity contribution is -0.141. The molecule has 4 heteroatoms. The lowest BCUT2D eigenvalue weighted by Crippen LogP contribution is -2.11. The zero-order valence-corrected chi connectivity index (χ0v) is 9.54. The molecule has 0 spiro atoms. The summed E-state index contributed by atoms with van der Waals surface area (Å²) in [7, 11) is 1.29. The number of esters is 1. The highest BCUT2D eigenvalue weighted by atomic mass is 16.5. The number of hydrogen-bond donors (Lipinski definition) is 0. The van der Waals surface area contributed by atoms with Gasteiger partial charge in [0.25, 0.3) is 0 Å². The van der Waals surface area contributed by atoms with Gasteiger partial charge in [0.05, 0.1) is 13.5 Å². The molecule has 0 saturated heterocycles. The van der Waals surface area contributed by atoms with Gasteiger partial charge in [0.15, 0.2) is 0 Å². The average molecular weight is 214 g/mol. The first-order valence-electron chi connectivity index (χ1n) is 5.08. The lowest BCUT2D eigenvalue weighted by Gasteiger charge is -2.03. The Balaban J connectivity index is 3.67. The van der Waals surface area contributed by atoms with Crippen molar-refractivity contribution in [1.82, 2.24) is 0 Å².